The van der Waals surface area contributed by atoms with E-state index < -0.39 is 0 Å². The first-order valence-corrected chi connectivity index (χ1v) is 7.11. The molecule has 0 bridgehead atoms. The van der Waals surface area contributed by atoms with Crippen LogP contribution < -0.4 is 11.1 Å². The van der Waals surface area contributed by atoms with Gasteiger partial charge in [-0.3, -0.25) is 4.79 Å². The number of aromatic nitrogens is 2. The number of anilines is 2. The van der Waals surface area contributed by atoms with E-state index in [1.165, 1.54) is 11.8 Å². The van der Waals surface area contributed by atoms with Gasteiger partial charge in [-0.2, -0.15) is 0 Å². The van der Waals surface area contributed by atoms with Crippen LogP contribution in [-0.4, -0.2) is 21.6 Å². The van der Waals surface area contributed by atoms with Crippen LogP contribution in [0.1, 0.15) is 11.1 Å². The Hall–Kier alpha value is -2.08. The minimum absolute atomic E-state index is 0.125. The summed E-state index contributed by atoms with van der Waals surface area (Å²) in [4.78, 5) is 20.2. The molecule has 1 heterocycles. The summed E-state index contributed by atoms with van der Waals surface area (Å²) < 4.78 is 0. The van der Waals surface area contributed by atoms with Crippen LogP contribution in [0.3, 0.4) is 0 Å². The van der Waals surface area contributed by atoms with E-state index in [9.17, 15) is 4.79 Å². The largest absolute Gasteiger partial charge is 0.397 e. The number of hydrogen-bond acceptors (Lipinski definition) is 5. The van der Waals surface area contributed by atoms with Gasteiger partial charge in [0.15, 0.2) is 5.16 Å². The SMILES string of the molecule is Cc1cnc(SCC(=O)Nc2c(C)cccc2N)nc1. The van der Waals surface area contributed by atoms with Gasteiger partial charge in [0.25, 0.3) is 0 Å². The van der Waals surface area contributed by atoms with Gasteiger partial charge in [0, 0.05) is 12.4 Å². The molecule has 0 fully saturated rings. The number of thioether (sulfide) groups is 1. The summed E-state index contributed by atoms with van der Waals surface area (Å²) >= 11 is 1.29. The average molecular weight is 288 g/mol. The Balaban J connectivity index is 1.94. The van der Waals surface area contributed by atoms with E-state index in [0.717, 1.165) is 11.1 Å². The maximum atomic E-state index is 11.9. The van der Waals surface area contributed by atoms with Crippen molar-refractivity contribution in [3.8, 4) is 0 Å². The molecule has 0 aliphatic rings. The molecule has 1 aromatic carbocycles. The Kier molecular flexibility index (Phi) is 4.57. The molecule has 2 aromatic rings. The Morgan fingerprint density at radius 3 is 2.65 bits per heavy atom. The topological polar surface area (TPSA) is 80.9 Å². The number of rotatable bonds is 4. The maximum absolute atomic E-state index is 11.9. The van der Waals surface area contributed by atoms with Crippen LogP contribution >= 0.6 is 11.8 Å². The third-order valence-electron chi connectivity index (χ3n) is 2.66. The fraction of sp³-hybridized carbons (Fsp3) is 0.214. The normalized spacial score (nSPS) is 10.3. The molecule has 5 nitrogen and oxygen atoms in total. The van der Waals surface area contributed by atoms with Gasteiger partial charge < -0.3 is 11.1 Å². The second-order valence-electron chi connectivity index (χ2n) is 4.42. The quantitative estimate of drug-likeness (QED) is 0.513. The fourth-order valence-corrected chi connectivity index (χ4v) is 2.21. The van der Waals surface area contributed by atoms with Gasteiger partial charge in [0.2, 0.25) is 5.91 Å². The number of para-hydroxylation sites is 1. The zero-order chi connectivity index (χ0) is 14.5. The highest BCUT2D eigenvalue weighted by molar-refractivity contribution is 7.99. The number of carbonyl (C=O) groups is 1. The first-order chi connectivity index (χ1) is 9.56. The van der Waals surface area contributed by atoms with Gasteiger partial charge in [-0.05, 0) is 31.0 Å². The number of benzene rings is 1. The number of carbonyl (C=O) groups excluding carboxylic acids is 1. The summed E-state index contributed by atoms with van der Waals surface area (Å²) in [7, 11) is 0. The Bertz CT molecular complexity index is 593. The zero-order valence-corrected chi connectivity index (χ0v) is 12.2. The van der Waals surface area contributed by atoms with E-state index in [1.807, 2.05) is 26.0 Å². The minimum atomic E-state index is -0.125. The highest BCUT2D eigenvalue weighted by atomic mass is 32.2. The lowest BCUT2D eigenvalue weighted by molar-refractivity contribution is -0.113. The van der Waals surface area contributed by atoms with Crippen molar-refractivity contribution in [2.24, 2.45) is 0 Å². The summed E-state index contributed by atoms with van der Waals surface area (Å²) in [5, 5.41) is 3.41. The lowest BCUT2D eigenvalue weighted by Gasteiger charge is -2.10. The minimum Gasteiger partial charge on any atom is -0.397 e. The van der Waals surface area contributed by atoms with Crippen molar-refractivity contribution in [1.29, 1.82) is 0 Å². The van der Waals surface area contributed by atoms with E-state index in [2.05, 4.69) is 15.3 Å². The molecule has 0 saturated carbocycles. The molecule has 104 valence electrons. The molecule has 0 unspecified atom stereocenters. The second-order valence-corrected chi connectivity index (χ2v) is 5.36. The van der Waals surface area contributed by atoms with Crippen molar-refractivity contribution in [2.75, 3.05) is 16.8 Å². The molecule has 20 heavy (non-hydrogen) atoms. The number of nitrogens with zero attached hydrogens (tertiary/aromatic N) is 2. The Morgan fingerprint density at radius 2 is 2.00 bits per heavy atom. The van der Waals surface area contributed by atoms with Crippen molar-refractivity contribution in [1.82, 2.24) is 9.97 Å². The van der Waals surface area contributed by atoms with E-state index in [-0.39, 0.29) is 11.7 Å². The van der Waals surface area contributed by atoms with E-state index >= 15 is 0 Å². The second kappa shape index (κ2) is 6.38. The summed E-state index contributed by atoms with van der Waals surface area (Å²) in [6, 6.07) is 5.52. The summed E-state index contributed by atoms with van der Waals surface area (Å²) in [5.74, 6) is 0.122. The molecule has 2 rings (SSSR count). The summed E-state index contributed by atoms with van der Waals surface area (Å²) in [6.45, 7) is 3.82. The van der Waals surface area contributed by atoms with Crippen LogP contribution in [0.15, 0.2) is 35.7 Å². The van der Waals surface area contributed by atoms with Gasteiger partial charge in [0.05, 0.1) is 17.1 Å². The molecular formula is C14H16N4OS. The number of nitrogen functional groups attached to an aromatic ring is 1. The lowest BCUT2D eigenvalue weighted by Crippen LogP contribution is -2.16. The average Bonchev–Trinajstić information content (AvgIpc) is 2.42. The smallest absolute Gasteiger partial charge is 0.234 e. The van der Waals surface area contributed by atoms with Crippen molar-refractivity contribution in [3.05, 3.63) is 41.7 Å². The van der Waals surface area contributed by atoms with Crippen LogP contribution in [0, 0.1) is 13.8 Å². The van der Waals surface area contributed by atoms with Crippen LogP contribution in [0.5, 0.6) is 0 Å². The fourth-order valence-electron chi connectivity index (χ4n) is 1.62. The number of hydrogen-bond donors (Lipinski definition) is 2. The molecule has 1 aromatic heterocycles. The Morgan fingerprint density at radius 1 is 1.30 bits per heavy atom. The molecule has 0 spiro atoms. The first-order valence-electron chi connectivity index (χ1n) is 6.12. The number of amides is 1. The highest BCUT2D eigenvalue weighted by Crippen LogP contribution is 2.23. The predicted octanol–water partition coefficient (Wildman–Crippen LogP) is 2.41. The third-order valence-corrected chi connectivity index (χ3v) is 3.53. The molecule has 0 radical (unpaired) electrons. The number of aryl methyl sites for hydroxylation is 2. The van der Waals surface area contributed by atoms with Crippen molar-refractivity contribution < 1.29 is 4.79 Å². The molecule has 0 aliphatic heterocycles. The standard InChI is InChI=1S/C14H16N4OS/c1-9-6-16-14(17-7-9)20-8-12(19)18-13-10(2)4-3-5-11(13)15/h3-7H,8,15H2,1-2H3,(H,18,19). The molecule has 0 aliphatic carbocycles. The molecule has 6 heteroatoms. The van der Waals surface area contributed by atoms with Crippen molar-refractivity contribution in [3.63, 3.8) is 0 Å². The van der Waals surface area contributed by atoms with E-state index in [4.69, 9.17) is 5.73 Å². The summed E-state index contributed by atoms with van der Waals surface area (Å²) in [6.07, 6.45) is 3.46. The van der Waals surface area contributed by atoms with Crippen molar-refractivity contribution >= 4 is 29.0 Å². The summed E-state index contributed by atoms with van der Waals surface area (Å²) in [5.41, 5.74) is 9.01. The van der Waals surface area contributed by atoms with Gasteiger partial charge >= 0.3 is 0 Å². The monoisotopic (exact) mass is 288 g/mol. The molecular weight excluding hydrogens is 272 g/mol. The molecule has 1 amide bonds. The van der Waals surface area contributed by atoms with Gasteiger partial charge in [0.1, 0.15) is 0 Å². The van der Waals surface area contributed by atoms with E-state index in [1.54, 1.807) is 18.5 Å². The number of nitrogens with one attached hydrogen (secondary N) is 1. The highest BCUT2D eigenvalue weighted by Gasteiger charge is 2.09. The molecule has 0 atom stereocenters. The Labute approximate surface area is 122 Å². The van der Waals surface area contributed by atoms with Gasteiger partial charge in [-0.15, -0.1) is 0 Å². The zero-order valence-electron chi connectivity index (χ0n) is 11.4. The third kappa shape index (κ3) is 3.71. The van der Waals surface area contributed by atoms with Crippen LogP contribution in [0.4, 0.5) is 11.4 Å². The molecule has 3 N–H and O–H groups in total. The van der Waals surface area contributed by atoms with Crippen LogP contribution in [0.2, 0.25) is 0 Å². The first kappa shape index (κ1) is 14.3. The van der Waals surface area contributed by atoms with E-state index in [0.29, 0.717) is 16.5 Å². The lowest BCUT2D eigenvalue weighted by atomic mass is 10.1. The maximum Gasteiger partial charge on any atom is 0.234 e. The van der Waals surface area contributed by atoms with Gasteiger partial charge in [-0.1, -0.05) is 23.9 Å². The number of nitrogens with two attached hydrogens (primary N) is 1. The molecule has 0 saturated heterocycles. The van der Waals surface area contributed by atoms with Gasteiger partial charge in [-0.25, -0.2) is 9.97 Å². The van der Waals surface area contributed by atoms with Crippen LogP contribution in [0.25, 0.3) is 0 Å². The van der Waals surface area contributed by atoms with Crippen molar-refractivity contribution in [2.45, 2.75) is 19.0 Å². The predicted molar refractivity (Wildman–Crippen MR) is 81.7 cm³/mol. The van der Waals surface area contributed by atoms with Crippen LogP contribution in [-0.2, 0) is 4.79 Å².